The number of carbonyl (C=O) groups is 2. The zero-order valence-electron chi connectivity index (χ0n) is 36.6. The topological polar surface area (TPSA) is 149 Å². The fourth-order valence-corrected chi connectivity index (χ4v) is 11.9. The minimum Gasteiger partial charge on any atom is -0.490 e. The molecule has 2 aliphatic carbocycles. The van der Waals surface area contributed by atoms with Crippen LogP contribution in [0.2, 0.25) is 5.02 Å². The third-order valence-electron chi connectivity index (χ3n) is 12.7. The summed E-state index contributed by atoms with van der Waals surface area (Å²) in [7, 11) is 2.89. The molecule has 1 amide bonds. The van der Waals surface area contributed by atoms with E-state index < -0.39 is 39.2 Å². The molecule has 3 heterocycles. The molecule has 0 radical (unpaired) electrons. The van der Waals surface area contributed by atoms with E-state index in [2.05, 4.69) is 32.6 Å². The van der Waals surface area contributed by atoms with Gasteiger partial charge in [-0.25, -0.2) is 4.21 Å². The van der Waals surface area contributed by atoms with E-state index in [1.54, 1.807) is 27.3 Å². The molecule has 0 unspecified atom stereocenters. The molecule has 7 atom stereocenters. The van der Waals surface area contributed by atoms with Gasteiger partial charge < -0.3 is 38.1 Å². The lowest BCUT2D eigenvalue weighted by Gasteiger charge is -2.46. The van der Waals surface area contributed by atoms with Crippen molar-refractivity contribution in [3.8, 4) is 11.6 Å². The van der Waals surface area contributed by atoms with E-state index in [1.165, 1.54) is 29.1 Å². The first kappa shape index (κ1) is 46.2. The monoisotopic (exact) mass is 896 g/mol. The summed E-state index contributed by atoms with van der Waals surface area (Å²) in [4.78, 5) is 30.8. The summed E-state index contributed by atoms with van der Waals surface area (Å²) in [6, 6.07) is 11.5. The van der Waals surface area contributed by atoms with E-state index in [4.69, 9.17) is 44.8 Å². The van der Waals surface area contributed by atoms with Crippen molar-refractivity contribution in [2.45, 2.75) is 56.7 Å². The lowest BCUT2D eigenvalue weighted by Crippen LogP contribution is -2.49. The average Bonchev–Trinajstić information content (AvgIpc) is 3.56. The second kappa shape index (κ2) is 20.8. The summed E-state index contributed by atoms with van der Waals surface area (Å²) < 4.78 is 62.2. The molecule has 0 N–H and O–H groups in total. The largest absolute Gasteiger partial charge is 0.490 e. The molecule has 2 aliphatic heterocycles. The Labute approximate surface area is 370 Å². The number of carbonyl (C=O) groups excluding carboxylic acids is 2. The summed E-state index contributed by atoms with van der Waals surface area (Å²) >= 11 is 6.51. The van der Waals surface area contributed by atoms with Gasteiger partial charge in [0.25, 0.3) is 5.91 Å². The van der Waals surface area contributed by atoms with Gasteiger partial charge in [-0.15, -0.1) is 5.10 Å². The van der Waals surface area contributed by atoms with Gasteiger partial charge in [-0.1, -0.05) is 36.7 Å². The third kappa shape index (κ3) is 10.7. The fraction of sp³-hybridized carbons (Fsp3) is 0.587. The van der Waals surface area contributed by atoms with Crippen molar-refractivity contribution in [2.24, 2.45) is 29.2 Å². The minimum atomic E-state index is -3.56. The van der Waals surface area contributed by atoms with Crippen molar-refractivity contribution in [1.82, 2.24) is 9.78 Å². The Kier molecular flexibility index (Phi) is 15.5. The number of aromatic nitrogens is 2. The van der Waals surface area contributed by atoms with Crippen LogP contribution in [-0.2, 0) is 52.3 Å². The van der Waals surface area contributed by atoms with Gasteiger partial charge in [-0.3, -0.25) is 14.3 Å². The Morgan fingerprint density at radius 3 is 2.52 bits per heavy atom. The Balaban J connectivity index is 1.25. The van der Waals surface area contributed by atoms with Crippen LogP contribution in [0.15, 0.2) is 59.1 Å². The molecular weight excluding hydrogens is 836 g/mol. The molecule has 1 fully saturated rings. The molecule has 2 aromatic carbocycles. The van der Waals surface area contributed by atoms with Gasteiger partial charge in [0.05, 0.1) is 86.7 Å². The van der Waals surface area contributed by atoms with Gasteiger partial charge in [0, 0.05) is 62.3 Å². The van der Waals surface area contributed by atoms with Gasteiger partial charge >= 0.3 is 0 Å². The van der Waals surface area contributed by atoms with E-state index in [9.17, 15) is 9.59 Å². The third-order valence-corrected chi connectivity index (χ3v) is 15.2. The summed E-state index contributed by atoms with van der Waals surface area (Å²) in [6.45, 7) is 6.11. The molecule has 1 spiro atoms. The van der Waals surface area contributed by atoms with Crippen LogP contribution in [0.3, 0.4) is 0 Å². The Morgan fingerprint density at radius 1 is 1.00 bits per heavy atom. The van der Waals surface area contributed by atoms with Crippen LogP contribution in [-0.4, -0.2) is 130 Å². The predicted molar refractivity (Wildman–Crippen MR) is 238 cm³/mol. The maximum absolute atomic E-state index is 15.2. The lowest BCUT2D eigenvalue weighted by molar-refractivity contribution is -0.0158. The zero-order chi connectivity index (χ0) is 43.9. The molecule has 4 aliphatic rings. The Bertz CT molecular complexity index is 2210. The first-order chi connectivity index (χ1) is 29.9. The van der Waals surface area contributed by atoms with E-state index in [1.807, 2.05) is 31.2 Å². The van der Waals surface area contributed by atoms with E-state index in [-0.39, 0.29) is 46.8 Å². The number of aryl methyl sites for hydroxylation is 2. The number of halogens is 1. The fourth-order valence-electron chi connectivity index (χ4n) is 9.45. The number of ketones is 1. The van der Waals surface area contributed by atoms with Crippen LogP contribution in [0.25, 0.3) is 0 Å². The number of anilines is 1. The highest BCUT2D eigenvalue weighted by atomic mass is 35.5. The van der Waals surface area contributed by atoms with Crippen molar-refractivity contribution in [1.29, 1.82) is 0 Å². The number of hydrogen-bond acceptors (Lipinski definition) is 12. The number of benzene rings is 2. The summed E-state index contributed by atoms with van der Waals surface area (Å²) in [5.74, 6) is -0.945. The van der Waals surface area contributed by atoms with Crippen LogP contribution >= 0.6 is 11.6 Å². The van der Waals surface area contributed by atoms with Crippen LogP contribution in [0, 0.1) is 17.8 Å². The van der Waals surface area contributed by atoms with Gasteiger partial charge in [-0.05, 0) is 91.3 Å². The molecule has 16 heteroatoms. The number of rotatable bonds is 15. The van der Waals surface area contributed by atoms with Gasteiger partial charge in [-0.2, -0.15) is 4.36 Å². The maximum atomic E-state index is 15.2. The van der Waals surface area contributed by atoms with Crippen LogP contribution < -0.4 is 14.4 Å². The quantitative estimate of drug-likeness (QED) is 0.0950. The maximum Gasteiger partial charge on any atom is 0.285 e. The first-order valence-corrected chi connectivity index (χ1v) is 23.8. The molecule has 1 aromatic heterocycles. The predicted octanol–water partition coefficient (Wildman–Crippen LogP) is 6.36. The number of nitrogens with zero attached hydrogens (tertiary/aromatic N) is 4. The lowest BCUT2D eigenvalue weighted by atomic mass is 9.68. The highest BCUT2D eigenvalue weighted by Gasteiger charge is 2.44. The van der Waals surface area contributed by atoms with Crippen LogP contribution in [0.5, 0.6) is 11.6 Å². The zero-order valence-corrected chi connectivity index (χ0v) is 38.1. The van der Waals surface area contributed by atoms with Gasteiger partial charge in [0.15, 0.2) is 5.78 Å². The van der Waals surface area contributed by atoms with E-state index in [0.29, 0.717) is 57.9 Å². The number of Topliss-reactive ketones (excluding diaryl/α,β-unsaturated/α-hetero) is 1. The highest BCUT2D eigenvalue weighted by Crippen LogP contribution is 2.47. The number of methoxy groups -OCH3 is 3. The molecule has 14 nitrogen and oxygen atoms in total. The Hall–Kier alpha value is -3.83. The summed E-state index contributed by atoms with van der Waals surface area (Å²) in [5, 5.41) is 4.95. The molecule has 0 saturated heterocycles. The molecule has 7 rings (SSSR count). The van der Waals surface area contributed by atoms with Gasteiger partial charge in [0.1, 0.15) is 11.3 Å². The van der Waals surface area contributed by atoms with Crippen molar-refractivity contribution < 1.29 is 47.0 Å². The van der Waals surface area contributed by atoms with E-state index >= 15 is 4.21 Å². The molecule has 62 heavy (non-hydrogen) atoms. The normalized spacial score (nSPS) is 27.9. The first-order valence-electron chi connectivity index (χ1n) is 21.6. The average molecular weight is 898 g/mol. The minimum absolute atomic E-state index is 0.105. The molecule has 2 bridgehead atoms. The van der Waals surface area contributed by atoms with Gasteiger partial charge in [0.2, 0.25) is 5.88 Å². The molecule has 3 aromatic rings. The second-order valence-electron chi connectivity index (χ2n) is 17.0. The van der Waals surface area contributed by atoms with Crippen molar-refractivity contribution in [3.63, 3.8) is 0 Å². The van der Waals surface area contributed by atoms with E-state index in [0.717, 1.165) is 49.4 Å². The SMILES string of the molecule is COCCOCCOCCO[C@H]1/C=C/[C@H](OC)[C@@H]2CC[C@H]2CN2C[C@@]3(CCCc4cc(Cl)ccc43)COc3ccc(cc32)C(=O)N=[S@](=O)(CC(=O)c2cn(C)nc2OC)C[C@H]1C. The smallest absolute Gasteiger partial charge is 0.285 e. The van der Waals surface area contributed by atoms with Crippen LogP contribution in [0.4, 0.5) is 5.69 Å². The summed E-state index contributed by atoms with van der Waals surface area (Å²) in [5.41, 5.74) is 3.39. The molecule has 1 saturated carbocycles. The van der Waals surface area contributed by atoms with Crippen molar-refractivity contribution in [3.05, 3.63) is 82.0 Å². The van der Waals surface area contributed by atoms with Crippen LogP contribution in [0.1, 0.15) is 64.4 Å². The number of ether oxygens (including phenoxy) is 7. The molecule has 338 valence electrons. The van der Waals surface area contributed by atoms with Crippen molar-refractivity contribution in [2.75, 3.05) is 97.1 Å². The number of amides is 1. The summed E-state index contributed by atoms with van der Waals surface area (Å²) in [6.07, 6.45) is 9.69. The standard InChI is InChI=1S/C46H61ClN4O10S/c1-31-27-62(54,28-40(52)37-26-50(2)48-45(37)57-5)49-44(53)33-9-13-43-39(24-33)51(29-46(30-61-43)16-6-7-32-23-35(47)10-12-38(32)46)25-34-8-11-36(34)42(56-4)15-14-41(31)60-22-21-59-20-19-58-18-17-55-3/h9-10,12-15,23-24,26,31,34,36,41-42H,6-8,11,16-22,25,27-30H2,1-5H3/b15-14+/t31-,34+,36-,41+,42+,46+,62-/m1/s1. The number of fused-ring (bicyclic) bond motifs is 4. The number of hydrogen-bond donors (Lipinski definition) is 0. The molecular formula is C46H61ClN4O10S. The highest BCUT2D eigenvalue weighted by molar-refractivity contribution is 7.94. The van der Waals surface area contributed by atoms with Crippen molar-refractivity contribution >= 4 is 38.7 Å². The second-order valence-corrected chi connectivity index (χ2v) is 19.8. The Morgan fingerprint density at radius 2 is 1.77 bits per heavy atom.